The first-order valence-electron chi connectivity index (χ1n) is 8.30. The number of aromatic nitrogens is 1. The van der Waals surface area contributed by atoms with Gasteiger partial charge in [-0.15, -0.1) is 11.3 Å². The summed E-state index contributed by atoms with van der Waals surface area (Å²) in [7, 11) is 0. The Kier molecular flexibility index (Phi) is 6.33. The Morgan fingerprint density at radius 2 is 2.15 bits per heavy atom. The topological polar surface area (TPSA) is 84.7 Å². The lowest BCUT2D eigenvalue weighted by Crippen LogP contribution is -2.32. The number of thioether (sulfide) groups is 1. The highest BCUT2D eigenvalue weighted by molar-refractivity contribution is 7.99. The second-order valence-corrected chi connectivity index (χ2v) is 8.39. The van der Waals surface area contributed by atoms with Gasteiger partial charge in [-0.05, 0) is 13.8 Å². The molecule has 1 aliphatic rings. The van der Waals surface area contributed by atoms with E-state index in [4.69, 9.17) is 9.15 Å². The van der Waals surface area contributed by atoms with Gasteiger partial charge in [0.15, 0.2) is 11.7 Å². The van der Waals surface area contributed by atoms with Crippen LogP contribution in [0.4, 0.5) is 5.13 Å². The first-order valence-corrected chi connectivity index (χ1v) is 10.3. The summed E-state index contributed by atoms with van der Waals surface area (Å²) < 4.78 is 10.8. The zero-order valence-corrected chi connectivity index (χ0v) is 16.4. The Labute approximate surface area is 159 Å². The maximum Gasteiger partial charge on any atom is 0.264 e. The molecule has 140 valence electrons. The van der Waals surface area contributed by atoms with Crippen LogP contribution in [0.15, 0.2) is 21.5 Å². The van der Waals surface area contributed by atoms with Crippen LogP contribution in [0.1, 0.15) is 16.3 Å². The number of thiazole rings is 1. The fourth-order valence-corrected chi connectivity index (χ4v) is 4.24. The van der Waals surface area contributed by atoms with Gasteiger partial charge < -0.3 is 9.15 Å². The van der Waals surface area contributed by atoms with Crippen LogP contribution in [0.25, 0.3) is 0 Å². The van der Waals surface area contributed by atoms with Gasteiger partial charge in [0, 0.05) is 35.5 Å². The second kappa shape index (κ2) is 8.70. The molecule has 0 unspecified atom stereocenters. The molecular weight excluding hydrogens is 374 g/mol. The lowest BCUT2D eigenvalue weighted by atomic mass is 10.3. The summed E-state index contributed by atoms with van der Waals surface area (Å²) in [6.45, 7) is 6.14. The number of anilines is 1. The van der Waals surface area contributed by atoms with Crippen LogP contribution < -0.4 is 15.5 Å². The first kappa shape index (κ1) is 18.9. The molecule has 9 heteroatoms. The van der Waals surface area contributed by atoms with Crippen LogP contribution in [0, 0.1) is 13.8 Å². The molecule has 3 heterocycles. The summed E-state index contributed by atoms with van der Waals surface area (Å²) in [4.78, 5) is 31.6. The van der Waals surface area contributed by atoms with Crippen molar-refractivity contribution < 1.29 is 13.9 Å². The number of nitrogens with one attached hydrogen (secondary N) is 1. The van der Waals surface area contributed by atoms with E-state index in [9.17, 15) is 9.59 Å². The van der Waals surface area contributed by atoms with E-state index in [1.807, 2.05) is 25.6 Å². The average molecular weight is 396 g/mol. The van der Waals surface area contributed by atoms with E-state index in [1.54, 1.807) is 0 Å². The molecule has 3 rings (SSSR count). The van der Waals surface area contributed by atoms with Crippen LogP contribution in [0.5, 0.6) is 5.75 Å². The van der Waals surface area contributed by atoms with Crippen LogP contribution in [0.3, 0.4) is 0 Å². The van der Waals surface area contributed by atoms with Gasteiger partial charge >= 0.3 is 0 Å². The first-order chi connectivity index (χ1) is 12.5. The molecule has 1 amide bonds. The van der Waals surface area contributed by atoms with Crippen molar-refractivity contribution in [3.05, 3.63) is 38.9 Å². The highest BCUT2D eigenvalue weighted by Crippen LogP contribution is 2.21. The SMILES string of the molecule is Cc1nc(NC(=O)COc2coc(CN3CCSCC3)cc2=O)sc1C. The zero-order valence-electron chi connectivity index (χ0n) is 14.7. The van der Waals surface area contributed by atoms with Crippen LogP contribution in [-0.4, -0.2) is 47.0 Å². The van der Waals surface area contributed by atoms with Crippen molar-refractivity contribution in [3.8, 4) is 5.75 Å². The maximum absolute atomic E-state index is 12.2. The average Bonchev–Trinajstić information content (AvgIpc) is 2.92. The van der Waals surface area contributed by atoms with E-state index < -0.39 is 0 Å². The molecule has 1 fully saturated rings. The molecule has 2 aromatic heterocycles. The third kappa shape index (κ3) is 5.09. The molecule has 0 saturated carbocycles. The Morgan fingerprint density at radius 1 is 1.38 bits per heavy atom. The van der Waals surface area contributed by atoms with Crippen LogP contribution >= 0.6 is 23.1 Å². The maximum atomic E-state index is 12.2. The molecular formula is C17H21N3O4S2. The standard InChI is InChI=1S/C17H21N3O4S2/c1-11-12(2)26-17(18-11)19-16(22)10-24-15-9-23-13(7-14(15)21)8-20-3-5-25-6-4-20/h7,9H,3-6,8,10H2,1-2H3,(H,18,19,22). The summed E-state index contributed by atoms with van der Waals surface area (Å²) >= 11 is 3.33. The third-order valence-corrected chi connectivity index (χ3v) is 5.90. The molecule has 1 N–H and O–H groups in total. The number of hydrogen-bond acceptors (Lipinski definition) is 8. The lowest BCUT2D eigenvalue weighted by molar-refractivity contribution is -0.118. The highest BCUT2D eigenvalue weighted by Gasteiger charge is 2.14. The number of carbonyl (C=O) groups excluding carboxylic acids is 1. The molecule has 0 atom stereocenters. The summed E-state index contributed by atoms with van der Waals surface area (Å²) in [5.74, 6) is 2.46. The number of carbonyl (C=O) groups is 1. The summed E-state index contributed by atoms with van der Waals surface area (Å²) in [6.07, 6.45) is 1.28. The van der Waals surface area contributed by atoms with Crippen molar-refractivity contribution in [2.24, 2.45) is 0 Å². The Hall–Kier alpha value is -1.84. The second-order valence-electron chi connectivity index (χ2n) is 5.96. The molecule has 2 aromatic rings. The normalized spacial score (nSPS) is 15.0. The van der Waals surface area contributed by atoms with Gasteiger partial charge in [0.25, 0.3) is 5.91 Å². The monoisotopic (exact) mass is 395 g/mol. The molecule has 0 bridgehead atoms. The quantitative estimate of drug-likeness (QED) is 0.803. The minimum Gasteiger partial charge on any atom is -0.477 e. The van der Waals surface area contributed by atoms with Gasteiger partial charge in [0.2, 0.25) is 11.2 Å². The Morgan fingerprint density at radius 3 is 2.81 bits per heavy atom. The number of nitrogens with zero attached hydrogens (tertiary/aromatic N) is 2. The van der Waals surface area contributed by atoms with Crippen LogP contribution in [-0.2, 0) is 11.3 Å². The minimum absolute atomic E-state index is 0.0320. The third-order valence-electron chi connectivity index (χ3n) is 3.97. The van der Waals surface area contributed by atoms with Gasteiger partial charge in [-0.1, -0.05) is 0 Å². The Bertz CT molecular complexity index is 808. The number of aryl methyl sites for hydroxylation is 2. The molecule has 1 aliphatic heterocycles. The van der Waals surface area contributed by atoms with Gasteiger partial charge in [-0.3, -0.25) is 19.8 Å². The van der Waals surface area contributed by atoms with Gasteiger partial charge in [0.1, 0.15) is 12.0 Å². The molecule has 7 nitrogen and oxygen atoms in total. The molecule has 1 saturated heterocycles. The van der Waals surface area contributed by atoms with Gasteiger partial charge in [-0.25, -0.2) is 4.98 Å². The van der Waals surface area contributed by atoms with E-state index in [0.717, 1.165) is 35.2 Å². The fraction of sp³-hybridized carbons (Fsp3) is 0.471. The van der Waals surface area contributed by atoms with E-state index in [1.165, 1.54) is 23.7 Å². The predicted octanol–water partition coefficient (Wildman–Crippen LogP) is 2.28. The highest BCUT2D eigenvalue weighted by atomic mass is 32.2. The zero-order chi connectivity index (χ0) is 18.5. The van der Waals surface area contributed by atoms with Crippen LogP contribution in [0.2, 0.25) is 0 Å². The van der Waals surface area contributed by atoms with Crippen molar-refractivity contribution in [1.82, 2.24) is 9.88 Å². The molecule has 0 spiro atoms. The number of rotatable bonds is 6. The van der Waals surface area contributed by atoms with E-state index in [0.29, 0.717) is 17.4 Å². The number of amides is 1. The smallest absolute Gasteiger partial charge is 0.264 e. The van der Waals surface area contributed by atoms with Crippen molar-refractivity contribution >= 4 is 34.1 Å². The predicted molar refractivity (Wildman–Crippen MR) is 103 cm³/mol. The van der Waals surface area contributed by atoms with Gasteiger partial charge in [0.05, 0.1) is 12.2 Å². The van der Waals surface area contributed by atoms with Crippen molar-refractivity contribution in [3.63, 3.8) is 0 Å². The van der Waals surface area contributed by atoms with Gasteiger partial charge in [-0.2, -0.15) is 11.8 Å². The summed E-state index contributed by atoms with van der Waals surface area (Å²) in [5.41, 5.74) is 0.598. The van der Waals surface area contributed by atoms with Crippen molar-refractivity contribution in [2.75, 3.05) is 36.5 Å². The van der Waals surface area contributed by atoms with Crippen molar-refractivity contribution in [1.29, 1.82) is 0 Å². The summed E-state index contributed by atoms with van der Waals surface area (Å²) in [6, 6.07) is 1.43. The lowest BCUT2D eigenvalue weighted by Gasteiger charge is -2.25. The minimum atomic E-state index is -0.368. The van der Waals surface area contributed by atoms with Crippen molar-refractivity contribution in [2.45, 2.75) is 20.4 Å². The van der Waals surface area contributed by atoms with E-state index in [-0.39, 0.29) is 23.7 Å². The molecule has 0 aliphatic carbocycles. The fourth-order valence-electron chi connectivity index (χ4n) is 2.43. The molecule has 26 heavy (non-hydrogen) atoms. The Balaban J connectivity index is 1.52. The molecule has 0 radical (unpaired) electrons. The van der Waals surface area contributed by atoms with E-state index in [2.05, 4.69) is 15.2 Å². The largest absolute Gasteiger partial charge is 0.477 e. The molecule has 0 aromatic carbocycles. The number of hydrogen-bond donors (Lipinski definition) is 1. The summed E-state index contributed by atoms with van der Waals surface area (Å²) in [5, 5.41) is 3.18. The van der Waals surface area contributed by atoms with E-state index >= 15 is 0 Å². The number of ether oxygens (including phenoxy) is 1.